The molecule has 0 aliphatic carbocycles. The Balaban J connectivity index is 1.66. The van der Waals surface area contributed by atoms with Gasteiger partial charge in [0.2, 0.25) is 5.91 Å². The number of carbonyl (C=O) groups excluding carboxylic acids is 1. The second-order valence-electron chi connectivity index (χ2n) is 6.22. The molecular weight excluding hydrogens is 327 g/mol. The Morgan fingerprint density at radius 2 is 2.17 bits per heavy atom. The Hall–Kier alpha value is -1.89. The van der Waals surface area contributed by atoms with Crippen LogP contribution >= 0.6 is 11.8 Å². The third-order valence-corrected chi connectivity index (χ3v) is 5.29. The Bertz CT molecular complexity index is 733. The lowest BCUT2D eigenvalue weighted by Crippen LogP contribution is -2.40. The van der Waals surface area contributed by atoms with Crippen LogP contribution in [0.2, 0.25) is 0 Å². The van der Waals surface area contributed by atoms with Crippen LogP contribution in [-0.4, -0.2) is 44.4 Å². The number of nitrogens with zero attached hydrogens (tertiary/aromatic N) is 4. The number of aromatic nitrogens is 3. The first kappa shape index (κ1) is 17.0. The van der Waals surface area contributed by atoms with Gasteiger partial charge in [-0.25, -0.2) is 4.39 Å². The van der Waals surface area contributed by atoms with E-state index in [0.29, 0.717) is 28.2 Å². The first-order valence-corrected chi connectivity index (χ1v) is 9.09. The molecule has 1 aliphatic rings. The highest BCUT2D eigenvalue weighted by Crippen LogP contribution is 2.25. The largest absolute Gasteiger partial charge is 0.342 e. The van der Waals surface area contributed by atoms with E-state index in [4.69, 9.17) is 0 Å². The second-order valence-corrected chi connectivity index (χ2v) is 7.16. The fraction of sp³-hybridized carbons (Fsp3) is 0.471. The van der Waals surface area contributed by atoms with Crippen LogP contribution in [0.3, 0.4) is 0 Å². The standard InChI is InChI=1S/C17H21FN4OS/c1-12-6-5-9-22(10-12)15(23)11-24-17-20-19-16(21(17)2)13-7-3-4-8-14(13)18/h3-4,7-8,12H,5-6,9-11H2,1-2H3. The van der Waals surface area contributed by atoms with Gasteiger partial charge in [0.05, 0.1) is 11.3 Å². The van der Waals surface area contributed by atoms with Crippen LogP contribution in [0, 0.1) is 11.7 Å². The van der Waals surface area contributed by atoms with Crippen LogP contribution in [0.5, 0.6) is 0 Å². The molecule has 1 aliphatic heterocycles. The molecule has 0 saturated carbocycles. The first-order chi connectivity index (χ1) is 11.6. The summed E-state index contributed by atoms with van der Waals surface area (Å²) in [7, 11) is 1.79. The Labute approximate surface area is 145 Å². The van der Waals surface area contributed by atoms with E-state index in [9.17, 15) is 9.18 Å². The van der Waals surface area contributed by atoms with Crippen LogP contribution < -0.4 is 0 Å². The highest BCUT2D eigenvalue weighted by Gasteiger charge is 2.22. The van der Waals surface area contributed by atoms with Gasteiger partial charge in [-0.3, -0.25) is 4.79 Å². The summed E-state index contributed by atoms with van der Waals surface area (Å²) >= 11 is 1.35. The fourth-order valence-electron chi connectivity index (χ4n) is 2.95. The highest BCUT2D eigenvalue weighted by molar-refractivity contribution is 7.99. The molecule has 0 radical (unpaired) electrons. The number of carbonyl (C=O) groups is 1. The Kier molecular flexibility index (Phi) is 5.18. The minimum Gasteiger partial charge on any atom is -0.342 e. The first-order valence-electron chi connectivity index (χ1n) is 8.11. The molecule has 7 heteroatoms. The van der Waals surface area contributed by atoms with Gasteiger partial charge in [-0.15, -0.1) is 10.2 Å². The summed E-state index contributed by atoms with van der Waals surface area (Å²) < 4.78 is 15.6. The van der Waals surface area contributed by atoms with E-state index in [-0.39, 0.29) is 11.7 Å². The third kappa shape index (κ3) is 3.61. The maximum absolute atomic E-state index is 13.9. The average Bonchev–Trinajstić information content (AvgIpc) is 2.94. The number of benzene rings is 1. The van der Waals surface area contributed by atoms with Crippen LogP contribution in [0.1, 0.15) is 19.8 Å². The predicted molar refractivity (Wildman–Crippen MR) is 92.1 cm³/mol. The van der Waals surface area contributed by atoms with Crippen LogP contribution in [0.4, 0.5) is 4.39 Å². The van der Waals surface area contributed by atoms with Crippen molar-refractivity contribution in [1.82, 2.24) is 19.7 Å². The average molecular weight is 348 g/mol. The number of rotatable bonds is 4. The maximum Gasteiger partial charge on any atom is 0.233 e. The van der Waals surface area contributed by atoms with Crippen molar-refractivity contribution < 1.29 is 9.18 Å². The van der Waals surface area contributed by atoms with Crippen molar-refractivity contribution in [3.05, 3.63) is 30.1 Å². The van der Waals surface area contributed by atoms with E-state index in [1.165, 1.54) is 24.2 Å². The predicted octanol–water partition coefficient (Wildman–Crippen LogP) is 2.97. The second kappa shape index (κ2) is 7.34. The van der Waals surface area contributed by atoms with E-state index < -0.39 is 0 Å². The van der Waals surface area contributed by atoms with Crippen molar-refractivity contribution in [2.45, 2.75) is 24.9 Å². The monoisotopic (exact) mass is 348 g/mol. The van der Waals surface area contributed by atoms with Crippen LogP contribution in [0.15, 0.2) is 29.4 Å². The normalized spacial score (nSPS) is 18.0. The van der Waals surface area contributed by atoms with Crippen molar-refractivity contribution in [3.63, 3.8) is 0 Å². The van der Waals surface area contributed by atoms with Crippen molar-refractivity contribution in [2.75, 3.05) is 18.8 Å². The summed E-state index contributed by atoms with van der Waals surface area (Å²) in [5.74, 6) is 1.16. The zero-order valence-electron chi connectivity index (χ0n) is 13.9. The summed E-state index contributed by atoms with van der Waals surface area (Å²) in [6.07, 6.45) is 2.26. The molecule has 24 heavy (non-hydrogen) atoms. The van der Waals surface area contributed by atoms with Crippen LogP contribution in [0.25, 0.3) is 11.4 Å². The van der Waals surface area contributed by atoms with Crippen molar-refractivity contribution in [1.29, 1.82) is 0 Å². The van der Waals surface area contributed by atoms with E-state index in [1.807, 2.05) is 4.90 Å². The molecule has 0 N–H and O–H groups in total. The molecule has 1 unspecified atom stereocenters. The third-order valence-electron chi connectivity index (χ3n) is 4.28. The van der Waals surface area contributed by atoms with E-state index in [2.05, 4.69) is 17.1 Å². The fourth-order valence-corrected chi connectivity index (χ4v) is 3.77. The molecular formula is C17H21FN4OS. The summed E-state index contributed by atoms with van der Waals surface area (Å²) in [5, 5.41) is 8.80. The van der Waals surface area contributed by atoms with Gasteiger partial charge in [-0.05, 0) is 30.9 Å². The van der Waals surface area contributed by atoms with Gasteiger partial charge >= 0.3 is 0 Å². The van der Waals surface area contributed by atoms with E-state index >= 15 is 0 Å². The van der Waals surface area contributed by atoms with Gasteiger partial charge in [-0.1, -0.05) is 30.8 Å². The molecule has 1 fully saturated rings. The molecule has 1 aromatic heterocycles. The lowest BCUT2D eigenvalue weighted by molar-refractivity contribution is -0.130. The summed E-state index contributed by atoms with van der Waals surface area (Å²) in [4.78, 5) is 14.3. The topological polar surface area (TPSA) is 51.0 Å². The molecule has 1 aromatic carbocycles. The number of hydrogen-bond donors (Lipinski definition) is 0. The quantitative estimate of drug-likeness (QED) is 0.797. The Morgan fingerprint density at radius 3 is 2.92 bits per heavy atom. The Morgan fingerprint density at radius 1 is 1.38 bits per heavy atom. The van der Waals surface area contributed by atoms with Gasteiger partial charge in [0.25, 0.3) is 0 Å². The summed E-state index contributed by atoms with van der Waals surface area (Å²) in [6, 6.07) is 6.48. The molecule has 2 aromatic rings. The van der Waals surface area contributed by atoms with Gasteiger partial charge in [0.1, 0.15) is 5.82 Å². The van der Waals surface area contributed by atoms with Crippen molar-refractivity contribution in [2.24, 2.45) is 13.0 Å². The molecule has 3 rings (SSSR count). The zero-order valence-corrected chi connectivity index (χ0v) is 14.7. The summed E-state index contributed by atoms with van der Waals surface area (Å²) in [5.41, 5.74) is 0.413. The van der Waals surface area contributed by atoms with Gasteiger partial charge in [-0.2, -0.15) is 0 Å². The van der Waals surface area contributed by atoms with Gasteiger partial charge in [0.15, 0.2) is 11.0 Å². The lowest BCUT2D eigenvalue weighted by atomic mass is 10.0. The number of hydrogen-bond acceptors (Lipinski definition) is 4. The number of likely N-dealkylation sites (tertiary alicyclic amines) is 1. The SMILES string of the molecule is CC1CCCN(C(=O)CSc2nnc(-c3ccccc3F)n2C)C1. The summed E-state index contributed by atoms with van der Waals surface area (Å²) in [6.45, 7) is 3.84. The van der Waals surface area contributed by atoms with Gasteiger partial charge < -0.3 is 9.47 Å². The highest BCUT2D eigenvalue weighted by atomic mass is 32.2. The van der Waals surface area contributed by atoms with Crippen LogP contribution in [-0.2, 0) is 11.8 Å². The molecule has 0 bridgehead atoms. The molecule has 1 saturated heterocycles. The van der Waals surface area contributed by atoms with E-state index in [0.717, 1.165) is 19.5 Å². The number of amides is 1. The number of thioether (sulfide) groups is 1. The molecule has 0 spiro atoms. The molecule has 1 amide bonds. The number of piperidine rings is 1. The molecule has 2 heterocycles. The van der Waals surface area contributed by atoms with Gasteiger partial charge in [0, 0.05) is 20.1 Å². The van der Waals surface area contributed by atoms with Crippen molar-refractivity contribution >= 4 is 17.7 Å². The lowest BCUT2D eigenvalue weighted by Gasteiger charge is -2.30. The smallest absolute Gasteiger partial charge is 0.233 e. The molecule has 128 valence electrons. The zero-order chi connectivity index (χ0) is 17.1. The molecule has 1 atom stereocenters. The molecule has 5 nitrogen and oxygen atoms in total. The van der Waals surface area contributed by atoms with Crippen molar-refractivity contribution in [3.8, 4) is 11.4 Å². The minimum atomic E-state index is -0.331. The maximum atomic E-state index is 13.9. The number of halogens is 1. The van der Waals surface area contributed by atoms with E-state index in [1.54, 1.807) is 29.8 Å². The minimum absolute atomic E-state index is 0.127.